The van der Waals surface area contributed by atoms with Crippen LogP contribution in [0.4, 0.5) is 0 Å². The van der Waals surface area contributed by atoms with Crippen molar-refractivity contribution in [1.82, 2.24) is 15.0 Å². The van der Waals surface area contributed by atoms with Gasteiger partial charge in [-0.1, -0.05) is 5.16 Å². The maximum Gasteiger partial charge on any atom is 0.276 e. The van der Waals surface area contributed by atoms with Crippen molar-refractivity contribution in [2.24, 2.45) is 5.92 Å². The zero-order valence-corrected chi connectivity index (χ0v) is 15.5. The second kappa shape index (κ2) is 8.29. The standard InChI is InChI=1S/C18H29N3O4/c1-13(20-8-10-24-11-9-20)15-4-6-21(7-5-15)18(22)17-16(12-23-3)14(2)25-19-17/h13,15H,4-12H2,1-3H3/t13-/m0/s1. The molecule has 3 rings (SSSR count). The van der Waals surface area contributed by atoms with Gasteiger partial charge in [0.25, 0.3) is 5.91 Å². The van der Waals surface area contributed by atoms with E-state index in [9.17, 15) is 4.79 Å². The Balaban J connectivity index is 1.57. The van der Waals surface area contributed by atoms with Gasteiger partial charge in [-0.15, -0.1) is 0 Å². The van der Waals surface area contributed by atoms with E-state index in [0.29, 0.717) is 30.0 Å². The molecular formula is C18H29N3O4. The summed E-state index contributed by atoms with van der Waals surface area (Å²) in [5.41, 5.74) is 1.16. The third-order valence-electron chi connectivity index (χ3n) is 5.61. The maximum absolute atomic E-state index is 12.8. The van der Waals surface area contributed by atoms with Crippen LogP contribution in [0.3, 0.4) is 0 Å². The number of aromatic nitrogens is 1. The van der Waals surface area contributed by atoms with Crippen LogP contribution < -0.4 is 0 Å². The van der Waals surface area contributed by atoms with E-state index in [1.807, 2.05) is 11.8 Å². The summed E-state index contributed by atoms with van der Waals surface area (Å²) in [6, 6.07) is 0.541. The monoisotopic (exact) mass is 351 g/mol. The summed E-state index contributed by atoms with van der Waals surface area (Å²) in [6.07, 6.45) is 2.06. The summed E-state index contributed by atoms with van der Waals surface area (Å²) >= 11 is 0. The largest absolute Gasteiger partial charge is 0.380 e. The molecule has 2 aliphatic heterocycles. The number of methoxy groups -OCH3 is 1. The van der Waals surface area contributed by atoms with Crippen LogP contribution in [0, 0.1) is 12.8 Å². The summed E-state index contributed by atoms with van der Waals surface area (Å²) < 4.78 is 15.8. The molecule has 7 nitrogen and oxygen atoms in total. The molecule has 1 amide bonds. The third-order valence-corrected chi connectivity index (χ3v) is 5.61. The Morgan fingerprint density at radius 3 is 2.60 bits per heavy atom. The summed E-state index contributed by atoms with van der Waals surface area (Å²) in [5, 5.41) is 3.97. The van der Waals surface area contributed by atoms with E-state index in [0.717, 1.165) is 57.8 Å². The fourth-order valence-corrected chi connectivity index (χ4v) is 3.89. The second-order valence-electron chi connectivity index (χ2n) is 7.02. The van der Waals surface area contributed by atoms with Gasteiger partial charge in [0.2, 0.25) is 0 Å². The van der Waals surface area contributed by atoms with Crippen LogP contribution in [0.15, 0.2) is 4.52 Å². The van der Waals surface area contributed by atoms with Crippen LogP contribution in [0.5, 0.6) is 0 Å². The summed E-state index contributed by atoms with van der Waals surface area (Å²) in [5.74, 6) is 1.24. The average molecular weight is 351 g/mol. The Morgan fingerprint density at radius 1 is 1.28 bits per heavy atom. The number of hydrogen-bond donors (Lipinski definition) is 0. The van der Waals surface area contributed by atoms with Crippen molar-refractivity contribution in [3.05, 3.63) is 17.0 Å². The topological polar surface area (TPSA) is 68.0 Å². The molecular weight excluding hydrogens is 322 g/mol. The van der Waals surface area contributed by atoms with Gasteiger partial charge < -0.3 is 18.9 Å². The molecule has 0 bridgehead atoms. The number of carbonyl (C=O) groups is 1. The van der Waals surface area contributed by atoms with Crippen LogP contribution in [0.2, 0.25) is 0 Å². The number of amides is 1. The number of likely N-dealkylation sites (tertiary alicyclic amines) is 1. The maximum atomic E-state index is 12.8. The highest BCUT2D eigenvalue weighted by molar-refractivity contribution is 5.93. The first-order valence-corrected chi connectivity index (χ1v) is 9.17. The van der Waals surface area contributed by atoms with Gasteiger partial charge in [-0.3, -0.25) is 9.69 Å². The number of piperidine rings is 1. The van der Waals surface area contributed by atoms with E-state index in [1.54, 1.807) is 7.11 Å². The predicted octanol–water partition coefficient (Wildman–Crippen LogP) is 1.70. The van der Waals surface area contributed by atoms with Crippen LogP contribution >= 0.6 is 0 Å². The van der Waals surface area contributed by atoms with Crippen LogP contribution in [-0.2, 0) is 16.1 Å². The molecule has 1 atom stereocenters. The minimum Gasteiger partial charge on any atom is -0.380 e. The molecule has 0 aliphatic carbocycles. The predicted molar refractivity (Wildman–Crippen MR) is 92.4 cm³/mol. The Hall–Kier alpha value is -1.44. The Labute approximate surface area is 149 Å². The molecule has 0 spiro atoms. The molecule has 1 aromatic rings. The van der Waals surface area contributed by atoms with Crippen molar-refractivity contribution in [3.63, 3.8) is 0 Å². The van der Waals surface area contributed by atoms with Crippen molar-refractivity contribution >= 4 is 5.91 Å². The Kier molecular flexibility index (Phi) is 6.09. The molecule has 3 heterocycles. The minimum absolute atomic E-state index is 0.0404. The lowest BCUT2D eigenvalue weighted by atomic mass is 9.89. The normalized spacial score (nSPS) is 21.5. The fraction of sp³-hybridized carbons (Fsp3) is 0.778. The minimum atomic E-state index is -0.0404. The number of ether oxygens (including phenoxy) is 2. The number of morpholine rings is 1. The molecule has 2 aliphatic rings. The van der Waals surface area contributed by atoms with Crippen LogP contribution in [0.25, 0.3) is 0 Å². The summed E-state index contributed by atoms with van der Waals surface area (Å²) in [6.45, 7) is 9.70. The van der Waals surface area contributed by atoms with Crippen LogP contribution in [-0.4, -0.2) is 73.4 Å². The van der Waals surface area contributed by atoms with Crippen molar-refractivity contribution in [2.75, 3.05) is 46.5 Å². The van der Waals surface area contributed by atoms with E-state index in [1.165, 1.54) is 0 Å². The first-order chi connectivity index (χ1) is 12.1. The molecule has 0 radical (unpaired) electrons. The third kappa shape index (κ3) is 4.04. The van der Waals surface area contributed by atoms with Crippen molar-refractivity contribution in [3.8, 4) is 0 Å². The summed E-state index contributed by atoms with van der Waals surface area (Å²) in [7, 11) is 1.61. The lowest BCUT2D eigenvalue weighted by molar-refractivity contribution is -0.00102. The number of hydrogen-bond acceptors (Lipinski definition) is 6. The van der Waals surface area contributed by atoms with Gasteiger partial charge in [-0.25, -0.2) is 0 Å². The van der Waals surface area contributed by atoms with Gasteiger partial charge in [0.1, 0.15) is 5.76 Å². The molecule has 0 saturated carbocycles. The van der Waals surface area contributed by atoms with Gasteiger partial charge in [0.15, 0.2) is 5.69 Å². The van der Waals surface area contributed by atoms with E-state index >= 15 is 0 Å². The Morgan fingerprint density at radius 2 is 1.96 bits per heavy atom. The van der Waals surface area contributed by atoms with E-state index < -0.39 is 0 Å². The molecule has 140 valence electrons. The van der Waals surface area contributed by atoms with Gasteiger partial charge in [0, 0.05) is 39.3 Å². The fourth-order valence-electron chi connectivity index (χ4n) is 3.89. The van der Waals surface area contributed by atoms with Crippen LogP contribution in [0.1, 0.15) is 41.6 Å². The molecule has 7 heteroatoms. The van der Waals surface area contributed by atoms with Gasteiger partial charge in [-0.05, 0) is 32.6 Å². The quantitative estimate of drug-likeness (QED) is 0.804. The number of aryl methyl sites for hydroxylation is 1. The summed E-state index contributed by atoms with van der Waals surface area (Å²) in [4.78, 5) is 17.2. The highest BCUT2D eigenvalue weighted by atomic mass is 16.5. The van der Waals surface area contributed by atoms with Crippen molar-refractivity contribution in [2.45, 2.75) is 39.3 Å². The lowest BCUT2D eigenvalue weighted by Crippen LogP contribution is -2.49. The molecule has 0 unspecified atom stereocenters. The first kappa shape index (κ1) is 18.4. The number of rotatable bonds is 5. The lowest BCUT2D eigenvalue weighted by Gasteiger charge is -2.40. The first-order valence-electron chi connectivity index (χ1n) is 9.17. The molecule has 0 aromatic carbocycles. The highest BCUT2D eigenvalue weighted by Gasteiger charge is 2.32. The SMILES string of the molecule is COCc1c(C(=O)N2CCC([C@H](C)N3CCOCC3)CC2)noc1C. The molecule has 0 N–H and O–H groups in total. The van der Waals surface area contributed by atoms with E-state index in [4.69, 9.17) is 14.0 Å². The smallest absolute Gasteiger partial charge is 0.276 e. The van der Waals surface area contributed by atoms with E-state index in [2.05, 4.69) is 17.0 Å². The second-order valence-corrected chi connectivity index (χ2v) is 7.02. The Bertz CT molecular complexity index is 575. The highest BCUT2D eigenvalue weighted by Crippen LogP contribution is 2.26. The molecule has 25 heavy (non-hydrogen) atoms. The molecule has 1 aromatic heterocycles. The van der Waals surface area contributed by atoms with Crippen molar-refractivity contribution in [1.29, 1.82) is 0 Å². The molecule has 2 fully saturated rings. The van der Waals surface area contributed by atoms with Gasteiger partial charge in [-0.2, -0.15) is 0 Å². The van der Waals surface area contributed by atoms with Crippen molar-refractivity contribution < 1.29 is 18.8 Å². The molecule has 2 saturated heterocycles. The van der Waals surface area contributed by atoms with Gasteiger partial charge >= 0.3 is 0 Å². The average Bonchev–Trinajstić information content (AvgIpc) is 3.02. The zero-order valence-electron chi connectivity index (χ0n) is 15.5. The number of nitrogens with zero attached hydrogens (tertiary/aromatic N) is 3. The number of carbonyl (C=O) groups excluding carboxylic acids is 1. The van der Waals surface area contributed by atoms with Gasteiger partial charge in [0.05, 0.1) is 25.4 Å². The van der Waals surface area contributed by atoms with E-state index in [-0.39, 0.29) is 5.91 Å². The zero-order chi connectivity index (χ0) is 17.8.